The summed E-state index contributed by atoms with van der Waals surface area (Å²) in [6.07, 6.45) is 5.50. The van der Waals surface area contributed by atoms with Crippen molar-refractivity contribution in [1.29, 1.82) is 0 Å². The Hall–Kier alpha value is -2.71. The number of morpholine rings is 1. The van der Waals surface area contributed by atoms with Crippen LogP contribution in [0.4, 0.5) is 0 Å². The normalized spacial score (nSPS) is 17.3. The minimum atomic E-state index is -0.0496. The number of nitrogens with zero attached hydrogens (tertiary/aromatic N) is 4. The summed E-state index contributed by atoms with van der Waals surface area (Å²) < 4.78 is 13.0. The van der Waals surface area contributed by atoms with E-state index in [9.17, 15) is 4.79 Å². The van der Waals surface area contributed by atoms with E-state index in [1.165, 1.54) is 0 Å². The minimum Gasteiger partial charge on any atom is -0.497 e. The lowest BCUT2D eigenvalue weighted by Crippen LogP contribution is -2.45. The van der Waals surface area contributed by atoms with Crippen molar-refractivity contribution in [2.24, 2.45) is 0 Å². The molecule has 2 aromatic heterocycles. The van der Waals surface area contributed by atoms with Gasteiger partial charge in [0, 0.05) is 37.7 Å². The molecule has 27 heavy (non-hydrogen) atoms. The van der Waals surface area contributed by atoms with Gasteiger partial charge in [0.2, 0.25) is 5.91 Å². The molecule has 0 bridgehead atoms. The molecule has 1 aromatic carbocycles. The summed E-state index contributed by atoms with van der Waals surface area (Å²) in [4.78, 5) is 23.3. The van der Waals surface area contributed by atoms with Gasteiger partial charge in [0.25, 0.3) is 0 Å². The lowest BCUT2D eigenvalue weighted by molar-refractivity contribution is -0.147. The van der Waals surface area contributed by atoms with Crippen LogP contribution >= 0.6 is 11.3 Å². The predicted octanol–water partition coefficient (Wildman–Crippen LogP) is 2.54. The summed E-state index contributed by atoms with van der Waals surface area (Å²) in [6.45, 7) is 1.35. The molecule has 1 aliphatic heterocycles. The Labute approximate surface area is 161 Å². The van der Waals surface area contributed by atoms with Gasteiger partial charge in [0.1, 0.15) is 17.4 Å². The number of carbonyl (C=O) groups is 1. The number of rotatable bonds is 5. The highest BCUT2D eigenvalue weighted by Crippen LogP contribution is 2.32. The molecule has 1 saturated heterocycles. The van der Waals surface area contributed by atoms with Crippen molar-refractivity contribution in [3.8, 4) is 27.0 Å². The van der Waals surface area contributed by atoms with Crippen LogP contribution in [0.15, 0.2) is 42.9 Å². The molecule has 140 valence electrons. The molecule has 0 saturated carbocycles. The molecule has 3 aromatic rings. The highest BCUT2D eigenvalue weighted by Gasteiger charge is 2.24. The van der Waals surface area contributed by atoms with Crippen molar-refractivity contribution >= 4 is 17.2 Å². The summed E-state index contributed by atoms with van der Waals surface area (Å²) >= 11 is 1.58. The van der Waals surface area contributed by atoms with Crippen LogP contribution < -0.4 is 4.74 Å². The van der Waals surface area contributed by atoms with Crippen LogP contribution in [-0.4, -0.2) is 58.8 Å². The first-order valence-electron chi connectivity index (χ1n) is 8.61. The number of thiazole rings is 1. The molecule has 7 nitrogen and oxygen atoms in total. The number of likely N-dealkylation sites (N-methyl/N-ethyl adjacent to an activating group) is 1. The Morgan fingerprint density at radius 2 is 2.26 bits per heavy atom. The first-order chi connectivity index (χ1) is 13.1. The van der Waals surface area contributed by atoms with Gasteiger partial charge in [-0.3, -0.25) is 4.79 Å². The lowest BCUT2D eigenvalue weighted by Gasteiger charge is -2.30. The van der Waals surface area contributed by atoms with Crippen molar-refractivity contribution in [2.75, 3.05) is 27.3 Å². The predicted molar refractivity (Wildman–Crippen MR) is 103 cm³/mol. The van der Waals surface area contributed by atoms with Crippen LogP contribution in [0.5, 0.6) is 5.75 Å². The maximum Gasteiger partial charge on any atom is 0.248 e. The number of hydrogen-bond donors (Lipinski definition) is 0. The highest BCUT2D eigenvalue weighted by molar-refractivity contribution is 7.18. The zero-order valence-corrected chi connectivity index (χ0v) is 16.0. The summed E-state index contributed by atoms with van der Waals surface area (Å²) in [5.74, 6) is 1.67. The van der Waals surface area contributed by atoms with Crippen LogP contribution in [0.3, 0.4) is 0 Å². The maximum absolute atomic E-state index is 11.6. The number of imidazole rings is 1. The monoisotopic (exact) mass is 384 g/mol. The first kappa shape index (κ1) is 17.7. The molecule has 3 heterocycles. The van der Waals surface area contributed by atoms with Gasteiger partial charge in [-0.1, -0.05) is 12.1 Å². The standard InChI is InChI=1S/C19H20N4O3S/c1-22-10-15(26-12-17(22)24)11-23-7-6-20-18(23)16-9-21-19(27-16)13-4-3-5-14(8-13)25-2/h3-9,15H,10-12H2,1-2H3. The van der Waals surface area contributed by atoms with Gasteiger partial charge in [-0.2, -0.15) is 0 Å². The third-order valence-corrected chi connectivity index (χ3v) is 5.55. The Kier molecular flexibility index (Phi) is 4.91. The molecule has 4 rings (SSSR count). The first-order valence-corrected chi connectivity index (χ1v) is 9.43. The fraction of sp³-hybridized carbons (Fsp3) is 0.316. The van der Waals surface area contributed by atoms with Gasteiger partial charge >= 0.3 is 0 Å². The maximum atomic E-state index is 11.6. The average Bonchev–Trinajstić information content (AvgIpc) is 3.34. The van der Waals surface area contributed by atoms with E-state index in [1.54, 1.807) is 36.6 Å². The SMILES string of the molecule is COc1cccc(-c2ncc(-c3nccn3CC3CN(C)C(=O)CO3)s2)c1. The average molecular weight is 384 g/mol. The van der Waals surface area contributed by atoms with Crippen molar-refractivity contribution in [1.82, 2.24) is 19.4 Å². The van der Waals surface area contributed by atoms with E-state index in [0.29, 0.717) is 13.1 Å². The second-order valence-corrected chi connectivity index (χ2v) is 7.40. The molecule has 8 heteroatoms. The second kappa shape index (κ2) is 7.50. The second-order valence-electron chi connectivity index (χ2n) is 6.37. The van der Waals surface area contributed by atoms with Crippen LogP contribution in [0.1, 0.15) is 0 Å². The van der Waals surface area contributed by atoms with E-state index in [4.69, 9.17) is 9.47 Å². The number of methoxy groups -OCH3 is 1. The topological polar surface area (TPSA) is 69.5 Å². The van der Waals surface area contributed by atoms with E-state index >= 15 is 0 Å². The molecule has 1 amide bonds. The summed E-state index contributed by atoms with van der Waals surface area (Å²) in [7, 11) is 3.46. The van der Waals surface area contributed by atoms with Gasteiger partial charge < -0.3 is 18.9 Å². The van der Waals surface area contributed by atoms with Gasteiger partial charge in [-0.05, 0) is 12.1 Å². The molecule has 1 aliphatic rings. The zero-order chi connectivity index (χ0) is 18.8. The fourth-order valence-corrected chi connectivity index (χ4v) is 3.96. The van der Waals surface area contributed by atoms with Gasteiger partial charge in [0.05, 0.1) is 24.6 Å². The quantitative estimate of drug-likeness (QED) is 0.676. The number of carbonyl (C=O) groups excluding carboxylic acids is 1. The lowest BCUT2D eigenvalue weighted by atomic mass is 10.2. The zero-order valence-electron chi connectivity index (χ0n) is 15.2. The molecule has 1 atom stereocenters. The van der Waals surface area contributed by atoms with Crippen LogP contribution in [-0.2, 0) is 16.1 Å². The van der Waals surface area contributed by atoms with E-state index in [2.05, 4.69) is 14.5 Å². The molecule has 1 fully saturated rings. The van der Waals surface area contributed by atoms with Crippen molar-refractivity contribution in [2.45, 2.75) is 12.6 Å². The summed E-state index contributed by atoms with van der Waals surface area (Å²) in [6, 6.07) is 7.85. The van der Waals surface area contributed by atoms with E-state index in [-0.39, 0.29) is 18.6 Å². The Morgan fingerprint density at radius 3 is 3.07 bits per heavy atom. The largest absolute Gasteiger partial charge is 0.497 e. The van der Waals surface area contributed by atoms with Crippen molar-refractivity contribution in [3.63, 3.8) is 0 Å². The van der Waals surface area contributed by atoms with E-state index in [1.807, 2.05) is 36.7 Å². The summed E-state index contributed by atoms with van der Waals surface area (Å²) in [5.41, 5.74) is 1.01. The molecule has 0 N–H and O–H groups in total. The molecule has 0 spiro atoms. The Bertz CT molecular complexity index is 952. The number of hydrogen-bond acceptors (Lipinski definition) is 6. The number of benzene rings is 1. The Morgan fingerprint density at radius 1 is 1.37 bits per heavy atom. The molecule has 1 unspecified atom stereocenters. The number of ether oxygens (including phenoxy) is 2. The van der Waals surface area contributed by atoms with Gasteiger partial charge in [-0.15, -0.1) is 11.3 Å². The number of amides is 1. The van der Waals surface area contributed by atoms with E-state index < -0.39 is 0 Å². The molecule has 0 radical (unpaired) electrons. The minimum absolute atomic E-state index is 0.0162. The van der Waals surface area contributed by atoms with Crippen LogP contribution in [0, 0.1) is 0 Å². The van der Waals surface area contributed by atoms with Gasteiger partial charge in [0.15, 0.2) is 5.82 Å². The molecular formula is C19H20N4O3S. The van der Waals surface area contributed by atoms with Crippen molar-refractivity contribution < 1.29 is 14.3 Å². The van der Waals surface area contributed by atoms with Crippen LogP contribution in [0.25, 0.3) is 21.3 Å². The highest BCUT2D eigenvalue weighted by atomic mass is 32.1. The molecule has 0 aliphatic carbocycles. The third kappa shape index (κ3) is 3.72. The fourth-order valence-electron chi connectivity index (χ4n) is 3.04. The molecular weight excluding hydrogens is 364 g/mol. The van der Waals surface area contributed by atoms with Crippen molar-refractivity contribution in [3.05, 3.63) is 42.9 Å². The smallest absolute Gasteiger partial charge is 0.248 e. The summed E-state index contributed by atoms with van der Waals surface area (Å²) in [5, 5.41) is 0.915. The van der Waals surface area contributed by atoms with Crippen LogP contribution in [0.2, 0.25) is 0 Å². The van der Waals surface area contributed by atoms with E-state index in [0.717, 1.165) is 27.0 Å². The van der Waals surface area contributed by atoms with Gasteiger partial charge in [-0.25, -0.2) is 9.97 Å². The Balaban J connectivity index is 1.54. The third-order valence-electron chi connectivity index (χ3n) is 4.50. The number of aromatic nitrogens is 3.